The third-order valence-electron chi connectivity index (χ3n) is 5.85. The maximum absolute atomic E-state index is 13.2. The third kappa shape index (κ3) is 5.03. The highest BCUT2D eigenvalue weighted by Crippen LogP contribution is 2.30. The monoisotopic (exact) mass is 476 g/mol. The molecule has 0 fully saturated rings. The first kappa shape index (κ1) is 23.7. The molecule has 2 aromatic heterocycles. The molecule has 0 aliphatic heterocycles. The number of carbonyl (C=O) groups excluding carboxylic acids is 1. The molecule has 0 radical (unpaired) electrons. The lowest BCUT2D eigenvalue weighted by Crippen LogP contribution is -2.37. The molecule has 4 aromatic rings. The molecular weight excluding hydrogens is 448 g/mol. The predicted molar refractivity (Wildman–Crippen MR) is 136 cm³/mol. The van der Waals surface area contributed by atoms with Gasteiger partial charge in [-0.2, -0.15) is 0 Å². The second-order valence-corrected chi connectivity index (χ2v) is 9.29. The summed E-state index contributed by atoms with van der Waals surface area (Å²) >= 11 is 1.43. The van der Waals surface area contributed by atoms with E-state index in [9.17, 15) is 9.59 Å². The van der Waals surface area contributed by atoms with Crippen molar-refractivity contribution in [2.24, 2.45) is 0 Å². The zero-order valence-electron chi connectivity index (χ0n) is 19.7. The number of aromatic nitrogens is 2. The highest BCUT2D eigenvalue weighted by Gasteiger charge is 2.18. The standard InChI is InChI=1S/C26H28N4O3S/c1-17-5-7-18(8-6-17)21-15-34-25-24(21)26(32)30(16-28-25)14-23(31)27-13-22(29(2)3)19-9-11-20(33-4)12-10-19/h5-12,15-16,22H,13-14H2,1-4H3,(H,27,31)/t22-/m1/s1. The summed E-state index contributed by atoms with van der Waals surface area (Å²) in [6, 6.07) is 15.8. The van der Waals surface area contributed by atoms with Gasteiger partial charge in [0.05, 0.1) is 24.9 Å². The molecular formula is C26H28N4O3S. The molecule has 2 heterocycles. The fraction of sp³-hybridized carbons (Fsp3) is 0.269. The molecule has 7 nitrogen and oxygen atoms in total. The molecule has 4 rings (SSSR count). The van der Waals surface area contributed by atoms with E-state index in [4.69, 9.17) is 4.74 Å². The van der Waals surface area contributed by atoms with Crippen molar-refractivity contribution in [2.45, 2.75) is 19.5 Å². The van der Waals surface area contributed by atoms with Crippen molar-refractivity contribution >= 4 is 27.5 Å². The molecule has 34 heavy (non-hydrogen) atoms. The Balaban J connectivity index is 1.51. The molecule has 2 aromatic carbocycles. The molecule has 176 valence electrons. The molecule has 0 saturated heterocycles. The van der Waals surface area contributed by atoms with E-state index < -0.39 is 0 Å². The minimum atomic E-state index is -0.240. The van der Waals surface area contributed by atoms with E-state index in [-0.39, 0.29) is 24.1 Å². The Morgan fingerprint density at radius 1 is 1.15 bits per heavy atom. The Morgan fingerprint density at radius 3 is 2.50 bits per heavy atom. The Bertz CT molecular complexity index is 1340. The number of benzene rings is 2. The number of fused-ring (bicyclic) bond motifs is 1. The Hall–Kier alpha value is -3.49. The van der Waals surface area contributed by atoms with E-state index in [0.29, 0.717) is 16.8 Å². The van der Waals surface area contributed by atoms with Gasteiger partial charge in [-0.1, -0.05) is 42.0 Å². The number of aryl methyl sites for hydroxylation is 1. The summed E-state index contributed by atoms with van der Waals surface area (Å²) in [6.45, 7) is 2.35. The number of nitrogens with one attached hydrogen (secondary N) is 1. The molecule has 1 atom stereocenters. The zero-order chi connectivity index (χ0) is 24.2. The van der Waals surface area contributed by atoms with Crippen LogP contribution in [-0.2, 0) is 11.3 Å². The lowest BCUT2D eigenvalue weighted by molar-refractivity contribution is -0.121. The summed E-state index contributed by atoms with van der Waals surface area (Å²) in [7, 11) is 5.56. The van der Waals surface area contributed by atoms with Crippen molar-refractivity contribution in [2.75, 3.05) is 27.7 Å². The van der Waals surface area contributed by atoms with Gasteiger partial charge in [0, 0.05) is 17.5 Å². The lowest BCUT2D eigenvalue weighted by atomic mass is 10.1. The predicted octanol–water partition coefficient (Wildman–Crippen LogP) is 3.86. The Labute approximate surface area is 202 Å². The van der Waals surface area contributed by atoms with Crippen LogP contribution in [0.15, 0.2) is 65.0 Å². The number of nitrogens with zero attached hydrogens (tertiary/aromatic N) is 3. The zero-order valence-corrected chi connectivity index (χ0v) is 20.6. The smallest absolute Gasteiger partial charge is 0.263 e. The molecule has 0 spiro atoms. The van der Waals surface area contributed by atoms with Gasteiger partial charge in [0.15, 0.2) is 0 Å². The maximum Gasteiger partial charge on any atom is 0.263 e. The molecule has 0 unspecified atom stereocenters. The van der Waals surface area contributed by atoms with Gasteiger partial charge in [0.2, 0.25) is 5.91 Å². The van der Waals surface area contributed by atoms with E-state index in [1.165, 1.54) is 22.2 Å². The first-order valence-electron chi connectivity index (χ1n) is 11.0. The van der Waals surface area contributed by atoms with Crippen molar-refractivity contribution in [1.29, 1.82) is 0 Å². The van der Waals surface area contributed by atoms with Crippen molar-refractivity contribution in [3.63, 3.8) is 0 Å². The maximum atomic E-state index is 13.2. The molecule has 0 aliphatic carbocycles. The molecule has 1 N–H and O–H groups in total. The quantitative estimate of drug-likeness (QED) is 0.418. The van der Waals surface area contributed by atoms with Gasteiger partial charge in [-0.05, 0) is 44.3 Å². The fourth-order valence-corrected chi connectivity index (χ4v) is 4.78. The highest BCUT2D eigenvalue weighted by molar-refractivity contribution is 7.17. The second kappa shape index (κ2) is 10.2. The van der Waals surface area contributed by atoms with E-state index >= 15 is 0 Å². The number of carbonyl (C=O) groups is 1. The van der Waals surface area contributed by atoms with Crippen LogP contribution in [0.2, 0.25) is 0 Å². The Morgan fingerprint density at radius 2 is 1.85 bits per heavy atom. The second-order valence-electron chi connectivity index (χ2n) is 8.43. The summed E-state index contributed by atoms with van der Waals surface area (Å²) in [6.07, 6.45) is 1.45. The van der Waals surface area contributed by atoms with Gasteiger partial charge in [-0.3, -0.25) is 14.2 Å². The topological polar surface area (TPSA) is 76.5 Å². The van der Waals surface area contributed by atoms with Crippen LogP contribution in [0.5, 0.6) is 5.75 Å². The van der Waals surface area contributed by atoms with Crippen LogP contribution in [0.1, 0.15) is 17.2 Å². The van der Waals surface area contributed by atoms with Gasteiger partial charge in [-0.15, -0.1) is 11.3 Å². The number of likely N-dealkylation sites (N-methyl/N-ethyl adjacent to an activating group) is 1. The van der Waals surface area contributed by atoms with E-state index in [2.05, 4.69) is 10.3 Å². The SMILES string of the molecule is COc1ccc([C@@H](CNC(=O)Cn2cnc3scc(-c4ccc(C)cc4)c3c2=O)N(C)C)cc1. The minimum absolute atomic E-state index is 0.0165. The summed E-state index contributed by atoms with van der Waals surface area (Å²) in [5, 5.41) is 5.46. The van der Waals surface area contributed by atoms with Crippen molar-refractivity contribution in [3.05, 3.63) is 81.7 Å². The van der Waals surface area contributed by atoms with Crippen LogP contribution in [0.4, 0.5) is 0 Å². The van der Waals surface area contributed by atoms with Gasteiger partial charge < -0.3 is 15.0 Å². The number of ether oxygens (including phenoxy) is 1. The number of methoxy groups -OCH3 is 1. The largest absolute Gasteiger partial charge is 0.497 e. The van der Waals surface area contributed by atoms with Gasteiger partial charge >= 0.3 is 0 Å². The van der Waals surface area contributed by atoms with Crippen LogP contribution < -0.4 is 15.6 Å². The van der Waals surface area contributed by atoms with Gasteiger partial charge in [0.1, 0.15) is 17.1 Å². The van der Waals surface area contributed by atoms with Crippen LogP contribution in [0, 0.1) is 6.92 Å². The summed E-state index contributed by atoms with van der Waals surface area (Å²) in [5.41, 5.74) is 3.82. The average molecular weight is 477 g/mol. The molecule has 0 saturated carbocycles. The van der Waals surface area contributed by atoms with E-state index in [1.54, 1.807) is 7.11 Å². The molecule has 1 amide bonds. The van der Waals surface area contributed by atoms with Gasteiger partial charge in [-0.25, -0.2) is 4.98 Å². The van der Waals surface area contributed by atoms with Crippen LogP contribution in [0.3, 0.4) is 0 Å². The van der Waals surface area contributed by atoms with Crippen LogP contribution >= 0.6 is 11.3 Å². The van der Waals surface area contributed by atoms with E-state index in [0.717, 1.165) is 28.0 Å². The normalized spacial score (nSPS) is 12.1. The number of rotatable bonds is 8. The van der Waals surface area contributed by atoms with Crippen molar-refractivity contribution in [1.82, 2.24) is 19.8 Å². The summed E-state index contributed by atoms with van der Waals surface area (Å²) in [5.74, 6) is 0.543. The minimum Gasteiger partial charge on any atom is -0.497 e. The average Bonchev–Trinajstić information content (AvgIpc) is 3.26. The number of hydrogen-bond acceptors (Lipinski definition) is 6. The summed E-state index contributed by atoms with van der Waals surface area (Å²) < 4.78 is 6.61. The summed E-state index contributed by atoms with van der Waals surface area (Å²) in [4.78, 5) is 33.1. The first-order valence-corrected chi connectivity index (χ1v) is 11.9. The highest BCUT2D eigenvalue weighted by atomic mass is 32.1. The molecule has 8 heteroatoms. The third-order valence-corrected chi connectivity index (χ3v) is 6.74. The van der Waals surface area contributed by atoms with Gasteiger partial charge in [0.25, 0.3) is 5.56 Å². The lowest BCUT2D eigenvalue weighted by Gasteiger charge is -2.25. The van der Waals surface area contributed by atoms with Crippen LogP contribution in [-0.4, -0.2) is 48.1 Å². The first-order chi connectivity index (χ1) is 16.4. The Kier molecular flexibility index (Phi) is 7.09. The van der Waals surface area contributed by atoms with Crippen molar-refractivity contribution in [3.8, 4) is 16.9 Å². The number of amides is 1. The van der Waals surface area contributed by atoms with Crippen LogP contribution in [0.25, 0.3) is 21.3 Å². The van der Waals surface area contributed by atoms with Crippen molar-refractivity contribution < 1.29 is 9.53 Å². The fourth-order valence-electron chi connectivity index (χ4n) is 3.87. The molecule has 0 aliphatic rings. The molecule has 0 bridgehead atoms. The number of hydrogen-bond donors (Lipinski definition) is 1. The number of thiophene rings is 1. The van der Waals surface area contributed by atoms with E-state index in [1.807, 2.05) is 79.8 Å².